The van der Waals surface area contributed by atoms with Crippen LogP contribution in [0.5, 0.6) is 0 Å². The lowest BCUT2D eigenvalue weighted by Gasteiger charge is -2.50. The number of benzene rings is 1. The molecule has 4 saturated carbocycles. The number of carbonyl (C=O) groups is 2. The molecule has 52 heavy (non-hydrogen) atoms. The molecule has 2 aliphatic heterocycles. The van der Waals surface area contributed by atoms with Gasteiger partial charge in [-0.05, 0) is 117 Å². The highest BCUT2D eigenvalue weighted by Crippen LogP contribution is 2.87. The summed E-state index contributed by atoms with van der Waals surface area (Å²) in [6, 6.07) is 10.6. The molecule has 0 aromatic heterocycles. The first-order valence-electron chi connectivity index (χ1n) is 21.4. The molecule has 3 N–H and O–H groups in total. The second-order valence-corrected chi connectivity index (χ2v) is 19.2. The molecule has 2 spiro atoms. The van der Waals surface area contributed by atoms with E-state index in [1.165, 1.54) is 37.7 Å². The van der Waals surface area contributed by atoms with Crippen LogP contribution < -0.4 is 10.6 Å². The normalized spacial score (nSPS) is 43.1. The Bertz CT molecular complexity index is 1510. The van der Waals surface area contributed by atoms with Crippen LogP contribution in [0.15, 0.2) is 42.0 Å². The van der Waals surface area contributed by atoms with Crippen LogP contribution in [0.2, 0.25) is 0 Å². The summed E-state index contributed by atoms with van der Waals surface area (Å²) in [7, 11) is 0. The highest BCUT2D eigenvalue weighted by atomic mass is 16.5. The number of ether oxygens (including phenoxy) is 1. The minimum atomic E-state index is -0.144. The number of rotatable bonds is 12. The molecule has 0 bridgehead atoms. The first-order valence-corrected chi connectivity index (χ1v) is 21.4. The second kappa shape index (κ2) is 14.1. The maximum absolute atomic E-state index is 12.8. The molecule has 5 aliphatic carbocycles. The molecule has 12 atom stereocenters. The fourth-order valence-electron chi connectivity index (χ4n) is 13.9. The number of fused-ring (bicyclic) bond motifs is 6. The van der Waals surface area contributed by atoms with Gasteiger partial charge in [0.2, 0.25) is 11.8 Å². The van der Waals surface area contributed by atoms with Crippen molar-refractivity contribution in [2.24, 2.45) is 45.8 Å². The van der Waals surface area contributed by atoms with Gasteiger partial charge in [0, 0.05) is 56.4 Å². The van der Waals surface area contributed by atoms with Gasteiger partial charge in [0.1, 0.15) is 0 Å². The first-order chi connectivity index (χ1) is 25.0. The largest absolute Gasteiger partial charge is 0.393 e. The second-order valence-electron chi connectivity index (χ2n) is 19.2. The molecule has 0 radical (unpaired) electrons. The van der Waals surface area contributed by atoms with Crippen LogP contribution in [0.1, 0.15) is 123 Å². The Morgan fingerprint density at radius 1 is 0.962 bits per heavy atom. The number of aryl methyl sites for hydroxylation is 1. The maximum Gasteiger partial charge on any atom is 0.220 e. The summed E-state index contributed by atoms with van der Waals surface area (Å²) in [5, 5.41) is 16.8. The van der Waals surface area contributed by atoms with Crippen molar-refractivity contribution >= 4 is 11.8 Å². The highest BCUT2D eigenvalue weighted by molar-refractivity contribution is 5.76. The Hall–Kier alpha value is -2.22. The van der Waals surface area contributed by atoms with Crippen LogP contribution >= 0.6 is 0 Å². The van der Waals surface area contributed by atoms with Crippen LogP contribution in [-0.2, 0) is 20.7 Å². The van der Waals surface area contributed by atoms with Gasteiger partial charge in [-0.3, -0.25) is 14.5 Å². The van der Waals surface area contributed by atoms with Crippen molar-refractivity contribution in [1.29, 1.82) is 0 Å². The number of hydrogen-bond acceptors (Lipinski definition) is 5. The van der Waals surface area contributed by atoms with Crippen molar-refractivity contribution in [3.8, 4) is 0 Å². The van der Waals surface area contributed by atoms with Gasteiger partial charge in [0.15, 0.2) is 0 Å². The quantitative estimate of drug-likeness (QED) is 0.157. The van der Waals surface area contributed by atoms with Crippen molar-refractivity contribution in [1.82, 2.24) is 15.5 Å². The number of piperidine rings is 1. The van der Waals surface area contributed by atoms with E-state index in [9.17, 15) is 14.7 Å². The molecule has 7 aliphatic rings. The van der Waals surface area contributed by atoms with E-state index in [0.29, 0.717) is 49.2 Å². The summed E-state index contributed by atoms with van der Waals surface area (Å²) in [4.78, 5) is 27.7. The third kappa shape index (κ3) is 6.11. The Labute approximate surface area is 313 Å². The van der Waals surface area contributed by atoms with E-state index < -0.39 is 0 Å². The highest BCUT2D eigenvalue weighted by Gasteiger charge is 2.84. The van der Waals surface area contributed by atoms with Crippen LogP contribution in [0.4, 0.5) is 0 Å². The Morgan fingerprint density at radius 3 is 2.58 bits per heavy atom. The van der Waals surface area contributed by atoms with E-state index in [1.807, 2.05) is 18.2 Å². The number of carbonyl (C=O) groups excluding carboxylic acids is 2. The average Bonchev–Trinajstić information content (AvgIpc) is 3.47. The summed E-state index contributed by atoms with van der Waals surface area (Å²) in [5.74, 6) is 3.72. The number of aliphatic hydroxyl groups excluding tert-OH is 1. The van der Waals surface area contributed by atoms with Gasteiger partial charge in [-0.15, -0.1) is 0 Å². The molecule has 2 amide bonds. The van der Waals surface area contributed by atoms with Crippen LogP contribution in [0.25, 0.3) is 0 Å². The van der Waals surface area contributed by atoms with Gasteiger partial charge >= 0.3 is 0 Å². The average molecular weight is 714 g/mol. The van der Waals surface area contributed by atoms with Crippen molar-refractivity contribution in [3.63, 3.8) is 0 Å². The van der Waals surface area contributed by atoms with E-state index in [0.717, 1.165) is 82.2 Å². The predicted octanol–water partition coefficient (Wildman–Crippen LogP) is 7.22. The monoisotopic (exact) mass is 714 g/mol. The Kier molecular flexibility index (Phi) is 9.98. The van der Waals surface area contributed by atoms with Crippen molar-refractivity contribution in [2.75, 3.05) is 26.2 Å². The molecule has 8 rings (SSSR count). The summed E-state index contributed by atoms with van der Waals surface area (Å²) in [6.45, 7) is 13.5. The van der Waals surface area contributed by atoms with Gasteiger partial charge < -0.3 is 20.5 Å². The molecular weight excluding hydrogens is 647 g/mol. The third-order valence-corrected chi connectivity index (χ3v) is 16.6. The number of hydrogen-bond donors (Lipinski definition) is 3. The Balaban J connectivity index is 0.812. The van der Waals surface area contributed by atoms with Gasteiger partial charge in [0.25, 0.3) is 0 Å². The number of allylic oxidation sites excluding steroid dienone is 1. The lowest BCUT2D eigenvalue weighted by Crippen LogP contribution is -2.55. The molecule has 2 heterocycles. The number of nitrogens with one attached hydrogen (secondary N) is 2. The van der Waals surface area contributed by atoms with E-state index in [4.69, 9.17) is 4.74 Å². The molecule has 2 saturated heterocycles. The van der Waals surface area contributed by atoms with Gasteiger partial charge in [0.05, 0.1) is 17.8 Å². The van der Waals surface area contributed by atoms with Crippen molar-refractivity contribution < 1.29 is 19.4 Å². The molecule has 1 aromatic carbocycles. The van der Waals surface area contributed by atoms with Gasteiger partial charge in [-0.25, -0.2) is 0 Å². The minimum absolute atomic E-state index is 0.0425. The smallest absolute Gasteiger partial charge is 0.220 e. The first kappa shape index (κ1) is 36.7. The standard InChI is InChI=1S/C45H67N3O4/c1-30-25-38-41(48(28-30)24-23-47-39(50)13-9-6-10-22-46-40(51)17-14-32-11-7-5-8-12-32)31(2)45(52-38)21-19-36-35-16-15-33-26-34(49)18-20-42(33,3)37(35)27-44(36)29-43(44,45)4/h5,7-8,11-12,15,30-31,34-38,41,49H,6,9-10,13-14,16-29H2,1-4H3,(H,46,51)(H,47,50)/t30-,31+,34-,35-,36-,37-,38+,41-,42-,43?,44?,45?/m0/s1. The van der Waals surface area contributed by atoms with E-state index >= 15 is 0 Å². The number of nitrogens with zero attached hydrogens (tertiary/aromatic N) is 1. The van der Waals surface area contributed by atoms with Crippen LogP contribution in [0.3, 0.4) is 0 Å². The maximum atomic E-state index is 12.8. The summed E-state index contributed by atoms with van der Waals surface area (Å²) in [5.41, 5.74) is 3.66. The predicted molar refractivity (Wildman–Crippen MR) is 205 cm³/mol. The molecule has 1 aromatic rings. The topological polar surface area (TPSA) is 90.9 Å². The zero-order valence-electron chi connectivity index (χ0n) is 32.6. The lowest BCUT2D eigenvalue weighted by molar-refractivity contribution is -0.148. The zero-order chi connectivity index (χ0) is 36.3. The molecule has 3 unspecified atom stereocenters. The number of aliphatic hydroxyl groups is 1. The summed E-state index contributed by atoms with van der Waals surface area (Å²) < 4.78 is 7.53. The SMILES string of the molecule is C[C@H]1C[C@H]2OC3(CC[C@H]4[C@@H]5CC=C6C[C@@H](O)CC[C@]6(C)[C@H]5CC45CC53C)[C@H](C)[C@@H]2N(CCNC(=O)CCCCCNC(=O)CCc2ccccc2)C1. The minimum Gasteiger partial charge on any atom is -0.393 e. The summed E-state index contributed by atoms with van der Waals surface area (Å²) >= 11 is 0. The van der Waals surface area contributed by atoms with E-state index in [1.54, 1.807) is 5.57 Å². The number of likely N-dealkylation sites (tertiary alicyclic amines) is 1. The zero-order valence-corrected chi connectivity index (χ0v) is 32.6. The van der Waals surface area contributed by atoms with Crippen LogP contribution in [-0.4, -0.2) is 71.9 Å². The molecule has 7 nitrogen and oxygen atoms in total. The molecule has 286 valence electrons. The summed E-state index contributed by atoms with van der Waals surface area (Å²) in [6.07, 6.45) is 17.9. The van der Waals surface area contributed by atoms with Gasteiger partial charge in [-0.2, -0.15) is 0 Å². The molecule has 6 fully saturated rings. The number of unbranched alkanes of at least 4 members (excludes halogenated alkanes) is 2. The van der Waals surface area contributed by atoms with Crippen LogP contribution in [0, 0.1) is 45.8 Å². The van der Waals surface area contributed by atoms with Crippen molar-refractivity contribution in [2.45, 2.75) is 148 Å². The fourth-order valence-corrected chi connectivity index (χ4v) is 13.9. The van der Waals surface area contributed by atoms with E-state index in [-0.39, 0.29) is 40.5 Å². The fraction of sp³-hybridized carbons (Fsp3) is 0.778. The van der Waals surface area contributed by atoms with E-state index in [2.05, 4.69) is 61.4 Å². The molecule has 7 heteroatoms. The third-order valence-electron chi connectivity index (χ3n) is 16.6. The van der Waals surface area contributed by atoms with Gasteiger partial charge in [-0.1, -0.05) is 76.1 Å². The molecular formula is C45H67N3O4. The Morgan fingerprint density at radius 2 is 1.75 bits per heavy atom. The lowest BCUT2D eigenvalue weighted by atomic mass is 9.56. The number of amides is 2. The van der Waals surface area contributed by atoms with Crippen molar-refractivity contribution in [3.05, 3.63) is 47.5 Å².